The van der Waals surface area contributed by atoms with Crippen molar-refractivity contribution in [2.45, 2.75) is 43.4 Å². The molecule has 1 aliphatic carbocycles. The summed E-state index contributed by atoms with van der Waals surface area (Å²) in [5, 5.41) is 0. The van der Waals surface area contributed by atoms with Crippen molar-refractivity contribution in [2.24, 2.45) is 0 Å². The Hall–Kier alpha value is -2.39. The van der Waals surface area contributed by atoms with Gasteiger partial charge in [-0.3, -0.25) is 4.79 Å². The summed E-state index contributed by atoms with van der Waals surface area (Å²) < 4.78 is 65.3. The van der Waals surface area contributed by atoms with Crippen molar-refractivity contribution in [3.8, 4) is 0 Å². The summed E-state index contributed by atoms with van der Waals surface area (Å²) in [6.07, 6.45) is -2.96. The molecule has 9 heteroatoms. The number of hydrogen-bond donors (Lipinski definition) is 1. The van der Waals surface area contributed by atoms with Crippen molar-refractivity contribution < 1.29 is 26.4 Å². The number of benzene rings is 2. The van der Waals surface area contributed by atoms with Crippen LogP contribution in [0.15, 0.2) is 53.4 Å². The van der Waals surface area contributed by atoms with Gasteiger partial charge in [0, 0.05) is 12.6 Å². The molecule has 0 bridgehead atoms. The molecule has 29 heavy (non-hydrogen) atoms. The topological polar surface area (TPSA) is 66.5 Å². The van der Waals surface area contributed by atoms with Gasteiger partial charge in [0.1, 0.15) is 0 Å². The highest BCUT2D eigenvalue weighted by molar-refractivity contribution is 7.89. The van der Waals surface area contributed by atoms with Gasteiger partial charge >= 0.3 is 6.18 Å². The average Bonchev–Trinajstić information content (AvgIpc) is 3.50. The predicted molar refractivity (Wildman–Crippen MR) is 101 cm³/mol. The lowest BCUT2D eigenvalue weighted by Crippen LogP contribution is -2.41. The summed E-state index contributed by atoms with van der Waals surface area (Å²) in [7, 11) is -4.25. The molecule has 0 aromatic heterocycles. The number of nitrogens with one attached hydrogen (secondary N) is 1. The van der Waals surface area contributed by atoms with E-state index in [0.717, 1.165) is 42.2 Å². The van der Waals surface area contributed by atoms with E-state index < -0.39 is 39.1 Å². The van der Waals surface area contributed by atoms with Crippen molar-refractivity contribution >= 4 is 15.9 Å². The van der Waals surface area contributed by atoms with Crippen LogP contribution in [-0.4, -0.2) is 31.8 Å². The molecule has 0 atom stereocenters. The Bertz CT molecular complexity index is 985. The molecular weight excluding hydrogens is 405 g/mol. The van der Waals surface area contributed by atoms with Gasteiger partial charge in [-0.05, 0) is 43.5 Å². The van der Waals surface area contributed by atoms with E-state index in [-0.39, 0.29) is 6.04 Å². The van der Waals surface area contributed by atoms with E-state index in [1.54, 1.807) is 4.90 Å². The fraction of sp³-hybridized carbons (Fsp3) is 0.350. The number of aryl methyl sites for hydroxylation is 1. The number of nitrogens with zero attached hydrogens (tertiary/aromatic N) is 1. The van der Waals surface area contributed by atoms with Gasteiger partial charge in [-0.1, -0.05) is 35.9 Å². The van der Waals surface area contributed by atoms with E-state index in [0.29, 0.717) is 12.6 Å². The fourth-order valence-corrected chi connectivity index (χ4v) is 3.90. The number of halogens is 3. The molecule has 1 amide bonds. The van der Waals surface area contributed by atoms with Gasteiger partial charge < -0.3 is 4.90 Å². The molecule has 0 aliphatic heterocycles. The Labute approximate surface area is 167 Å². The molecule has 1 saturated carbocycles. The van der Waals surface area contributed by atoms with Gasteiger partial charge in [0.25, 0.3) is 0 Å². The van der Waals surface area contributed by atoms with Gasteiger partial charge in [0.15, 0.2) is 0 Å². The zero-order chi connectivity index (χ0) is 21.2. The van der Waals surface area contributed by atoms with E-state index in [1.807, 2.05) is 31.2 Å². The molecule has 0 unspecified atom stereocenters. The van der Waals surface area contributed by atoms with Gasteiger partial charge in [0.05, 0.1) is 17.0 Å². The molecule has 156 valence electrons. The highest BCUT2D eigenvalue weighted by Gasteiger charge is 2.34. The summed E-state index contributed by atoms with van der Waals surface area (Å²) in [5.74, 6) is -0.413. The molecule has 3 rings (SSSR count). The number of carbonyl (C=O) groups excluding carboxylic acids is 1. The Kier molecular flexibility index (Phi) is 6.00. The van der Waals surface area contributed by atoms with Crippen LogP contribution in [0.4, 0.5) is 13.2 Å². The lowest BCUT2D eigenvalue weighted by molar-refractivity contribution is -0.137. The lowest BCUT2D eigenvalue weighted by Gasteiger charge is -2.23. The van der Waals surface area contributed by atoms with Crippen LogP contribution in [0.5, 0.6) is 0 Å². The van der Waals surface area contributed by atoms with Crippen LogP contribution in [-0.2, 0) is 27.5 Å². The minimum absolute atomic E-state index is 0.0573. The first kappa shape index (κ1) is 21.3. The molecule has 1 fully saturated rings. The normalized spacial score (nSPS) is 14.6. The molecule has 0 radical (unpaired) electrons. The summed E-state index contributed by atoms with van der Waals surface area (Å²) >= 11 is 0. The maximum Gasteiger partial charge on any atom is 0.416 e. The number of alkyl halides is 3. The van der Waals surface area contributed by atoms with Crippen molar-refractivity contribution in [3.05, 3.63) is 65.2 Å². The van der Waals surface area contributed by atoms with Crippen LogP contribution in [0.3, 0.4) is 0 Å². The minimum Gasteiger partial charge on any atom is -0.334 e. The lowest BCUT2D eigenvalue weighted by atomic mass is 10.1. The van der Waals surface area contributed by atoms with Gasteiger partial charge in [-0.15, -0.1) is 0 Å². The maximum absolute atomic E-state index is 12.8. The van der Waals surface area contributed by atoms with Crippen molar-refractivity contribution in [3.63, 3.8) is 0 Å². The standard InChI is InChI=1S/C20H21F3N2O3S/c1-14-5-7-15(8-6-14)13-25(17-9-10-17)19(26)12-24-29(27,28)18-4-2-3-16(11-18)20(21,22)23/h2-8,11,17,24H,9-10,12-13H2,1H3. The predicted octanol–water partition coefficient (Wildman–Crippen LogP) is 3.48. The van der Waals surface area contributed by atoms with Crippen LogP contribution in [0, 0.1) is 6.92 Å². The smallest absolute Gasteiger partial charge is 0.334 e. The van der Waals surface area contributed by atoms with E-state index >= 15 is 0 Å². The average molecular weight is 426 g/mol. The number of rotatable bonds is 7. The molecule has 0 saturated heterocycles. The first-order valence-corrected chi connectivity index (χ1v) is 10.6. The Balaban J connectivity index is 1.68. The minimum atomic E-state index is -4.65. The van der Waals surface area contributed by atoms with Gasteiger partial charge in [-0.2, -0.15) is 13.2 Å². The first-order chi connectivity index (χ1) is 13.6. The highest BCUT2D eigenvalue weighted by Crippen LogP contribution is 2.31. The molecule has 2 aromatic carbocycles. The third-order valence-corrected chi connectivity index (χ3v) is 6.07. The number of hydrogen-bond acceptors (Lipinski definition) is 3. The number of amides is 1. The van der Waals surface area contributed by atoms with E-state index in [1.165, 1.54) is 0 Å². The van der Waals surface area contributed by atoms with Crippen LogP contribution in [0.25, 0.3) is 0 Å². The van der Waals surface area contributed by atoms with Crippen molar-refractivity contribution in [1.82, 2.24) is 9.62 Å². The second-order valence-electron chi connectivity index (χ2n) is 7.09. The molecule has 2 aromatic rings. The molecule has 1 N–H and O–H groups in total. The van der Waals surface area contributed by atoms with Crippen molar-refractivity contribution in [1.29, 1.82) is 0 Å². The molecule has 5 nitrogen and oxygen atoms in total. The zero-order valence-corrected chi connectivity index (χ0v) is 16.6. The van der Waals surface area contributed by atoms with Gasteiger partial charge in [-0.25, -0.2) is 13.1 Å². The fourth-order valence-electron chi connectivity index (χ4n) is 2.88. The zero-order valence-electron chi connectivity index (χ0n) is 15.7. The summed E-state index contributed by atoms with van der Waals surface area (Å²) in [5.41, 5.74) is 0.953. The van der Waals surface area contributed by atoms with Crippen LogP contribution >= 0.6 is 0 Å². The summed E-state index contributed by atoms with van der Waals surface area (Å²) in [6.45, 7) is 1.80. The van der Waals surface area contributed by atoms with Crippen LogP contribution < -0.4 is 4.72 Å². The Morgan fingerprint density at radius 3 is 2.38 bits per heavy atom. The third-order valence-electron chi connectivity index (χ3n) is 4.67. The van der Waals surface area contributed by atoms with Crippen LogP contribution in [0.2, 0.25) is 0 Å². The van der Waals surface area contributed by atoms with Crippen molar-refractivity contribution in [2.75, 3.05) is 6.54 Å². The van der Waals surface area contributed by atoms with E-state index in [4.69, 9.17) is 0 Å². The molecular formula is C20H21F3N2O3S. The molecule has 0 spiro atoms. The third kappa shape index (κ3) is 5.57. The summed E-state index contributed by atoms with van der Waals surface area (Å²) in [6, 6.07) is 11.2. The number of sulfonamides is 1. The van der Waals surface area contributed by atoms with E-state index in [2.05, 4.69) is 4.72 Å². The van der Waals surface area contributed by atoms with E-state index in [9.17, 15) is 26.4 Å². The Morgan fingerprint density at radius 1 is 1.14 bits per heavy atom. The SMILES string of the molecule is Cc1ccc(CN(C(=O)CNS(=O)(=O)c2cccc(C(F)(F)F)c2)C2CC2)cc1. The maximum atomic E-state index is 12.8. The Morgan fingerprint density at radius 2 is 1.79 bits per heavy atom. The second-order valence-corrected chi connectivity index (χ2v) is 8.86. The second kappa shape index (κ2) is 8.16. The number of carbonyl (C=O) groups is 1. The quantitative estimate of drug-likeness (QED) is 0.737. The molecule has 0 heterocycles. The molecule has 1 aliphatic rings. The van der Waals surface area contributed by atoms with Gasteiger partial charge in [0.2, 0.25) is 15.9 Å². The monoisotopic (exact) mass is 426 g/mol. The summed E-state index contributed by atoms with van der Waals surface area (Å²) in [4.78, 5) is 13.7. The highest BCUT2D eigenvalue weighted by atomic mass is 32.2. The van der Waals surface area contributed by atoms with Crippen LogP contribution in [0.1, 0.15) is 29.5 Å². The largest absolute Gasteiger partial charge is 0.416 e. The first-order valence-electron chi connectivity index (χ1n) is 9.08.